The van der Waals surface area contributed by atoms with Crippen molar-refractivity contribution in [2.24, 2.45) is 0 Å². The number of carbonyl (C=O) groups excluding carboxylic acids is 1. The molecule has 0 radical (unpaired) electrons. The first-order valence-electron chi connectivity index (χ1n) is 6.40. The molecule has 4 nitrogen and oxygen atoms in total. The number of aliphatic hydroxyl groups is 1. The van der Waals surface area contributed by atoms with Crippen LogP contribution in [0.25, 0.3) is 0 Å². The highest BCUT2D eigenvalue weighted by atomic mass is 19.1. The van der Waals surface area contributed by atoms with Crippen LogP contribution in [0.5, 0.6) is 0 Å². The molecular weight excluding hydrogens is 249 g/mol. The quantitative estimate of drug-likeness (QED) is 0.707. The Morgan fingerprint density at radius 1 is 1.42 bits per heavy atom. The van der Waals surface area contributed by atoms with Crippen LogP contribution >= 0.6 is 0 Å². The van der Waals surface area contributed by atoms with Gasteiger partial charge in [-0.1, -0.05) is 25.5 Å². The smallest absolute Gasteiger partial charge is 0.246 e. The van der Waals surface area contributed by atoms with Gasteiger partial charge in [0.2, 0.25) is 5.91 Å². The van der Waals surface area contributed by atoms with E-state index in [1.807, 2.05) is 6.92 Å². The molecule has 1 aromatic carbocycles. The van der Waals surface area contributed by atoms with E-state index in [2.05, 4.69) is 5.32 Å². The van der Waals surface area contributed by atoms with Crippen molar-refractivity contribution in [3.63, 3.8) is 0 Å². The number of ether oxygens (including phenoxy) is 1. The number of hydrogen-bond donors (Lipinski definition) is 2. The van der Waals surface area contributed by atoms with Crippen LogP contribution in [0.2, 0.25) is 0 Å². The van der Waals surface area contributed by atoms with Crippen molar-refractivity contribution in [2.75, 3.05) is 19.8 Å². The number of rotatable bonds is 8. The van der Waals surface area contributed by atoms with Gasteiger partial charge in [0.1, 0.15) is 12.4 Å². The molecule has 0 spiro atoms. The second-order valence-electron chi connectivity index (χ2n) is 4.26. The van der Waals surface area contributed by atoms with E-state index < -0.39 is 6.04 Å². The molecule has 0 saturated heterocycles. The molecule has 2 N–H and O–H groups in total. The number of nitrogens with one attached hydrogen (secondary N) is 1. The minimum Gasteiger partial charge on any atom is -0.394 e. The Labute approximate surface area is 112 Å². The molecule has 0 saturated carbocycles. The Hall–Kier alpha value is -1.46. The van der Waals surface area contributed by atoms with Crippen LogP contribution in [0.4, 0.5) is 4.39 Å². The van der Waals surface area contributed by atoms with Crippen molar-refractivity contribution >= 4 is 5.91 Å². The van der Waals surface area contributed by atoms with Gasteiger partial charge in [0.05, 0.1) is 12.6 Å². The molecule has 1 amide bonds. The van der Waals surface area contributed by atoms with Gasteiger partial charge in [-0.3, -0.25) is 4.79 Å². The van der Waals surface area contributed by atoms with E-state index >= 15 is 0 Å². The van der Waals surface area contributed by atoms with Gasteiger partial charge in [-0.25, -0.2) is 4.39 Å². The fourth-order valence-electron chi connectivity index (χ4n) is 1.58. The van der Waals surface area contributed by atoms with Crippen molar-refractivity contribution in [1.29, 1.82) is 0 Å². The minimum absolute atomic E-state index is 0.0301. The Balaban J connectivity index is 2.43. The predicted molar refractivity (Wildman–Crippen MR) is 70.1 cm³/mol. The Kier molecular flexibility index (Phi) is 7.07. The molecule has 0 aliphatic heterocycles. The lowest BCUT2D eigenvalue weighted by molar-refractivity contribution is -0.126. The van der Waals surface area contributed by atoms with Crippen LogP contribution in [0, 0.1) is 5.82 Å². The molecule has 1 aromatic rings. The molecule has 1 atom stereocenters. The number of halogens is 1. The maximum atomic E-state index is 12.8. The zero-order valence-corrected chi connectivity index (χ0v) is 11.1. The van der Waals surface area contributed by atoms with E-state index in [9.17, 15) is 14.3 Å². The molecule has 0 heterocycles. The number of carbonyl (C=O) groups is 1. The Bertz CT molecular complexity index is 381. The average molecular weight is 269 g/mol. The van der Waals surface area contributed by atoms with Crippen LogP contribution in [0.3, 0.4) is 0 Å². The van der Waals surface area contributed by atoms with Crippen molar-refractivity contribution in [1.82, 2.24) is 5.32 Å². The topological polar surface area (TPSA) is 58.6 Å². The van der Waals surface area contributed by atoms with Gasteiger partial charge in [-0.2, -0.15) is 0 Å². The summed E-state index contributed by atoms with van der Waals surface area (Å²) in [6, 6.07) is 5.12. The van der Waals surface area contributed by atoms with E-state index in [0.717, 1.165) is 12.8 Å². The minimum atomic E-state index is -0.539. The summed E-state index contributed by atoms with van der Waals surface area (Å²) in [6.45, 7) is 2.31. The second-order valence-corrected chi connectivity index (χ2v) is 4.26. The first kappa shape index (κ1) is 15.6. The van der Waals surface area contributed by atoms with Gasteiger partial charge >= 0.3 is 0 Å². The fourth-order valence-corrected chi connectivity index (χ4v) is 1.58. The zero-order chi connectivity index (χ0) is 14.1. The molecule has 5 heteroatoms. The summed E-state index contributed by atoms with van der Waals surface area (Å²) in [5.74, 6) is -0.644. The summed E-state index contributed by atoms with van der Waals surface area (Å²) < 4.78 is 18.0. The molecule has 19 heavy (non-hydrogen) atoms. The van der Waals surface area contributed by atoms with E-state index in [0.29, 0.717) is 12.2 Å². The summed E-state index contributed by atoms with van der Waals surface area (Å²) in [7, 11) is 0. The molecule has 1 rings (SSSR count). The van der Waals surface area contributed by atoms with Gasteiger partial charge in [-0.05, 0) is 24.1 Å². The van der Waals surface area contributed by atoms with Crippen molar-refractivity contribution < 1.29 is 19.0 Å². The van der Waals surface area contributed by atoms with Gasteiger partial charge in [0.15, 0.2) is 0 Å². The SMILES string of the molecule is CCCCOCC(=O)NC(CO)c1ccc(F)cc1. The van der Waals surface area contributed by atoms with E-state index in [1.54, 1.807) is 0 Å². The van der Waals surface area contributed by atoms with E-state index in [-0.39, 0.29) is 24.9 Å². The first-order chi connectivity index (χ1) is 9.17. The highest BCUT2D eigenvalue weighted by Gasteiger charge is 2.13. The molecule has 106 valence electrons. The lowest BCUT2D eigenvalue weighted by atomic mass is 10.1. The predicted octanol–water partition coefficient (Wildman–Crippen LogP) is 1.79. The van der Waals surface area contributed by atoms with Crippen molar-refractivity contribution in [3.05, 3.63) is 35.6 Å². The summed E-state index contributed by atoms with van der Waals surface area (Å²) >= 11 is 0. The maximum absolute atomic E-state index is 12.8. The third kappa shape index (κ3) is 5.81. The summed E-state index contributed by atoms with van der Waals surface area (Å²) in [5.41, 5.74) is 0.658. The van der Waals surface area contributed by atoms with Crippen molar-refractivity contribution in [2.45, 2.75) is 25.8 Å². The van der Waals surface area contributed by atoms with Crippen LogP contribution < -0.4 is 5.32 Å². The number of benzene rings is 1. The third-order valence-electron chi connectivity index (χ3n) is 2.67. The number of aliphatic hydroxyl groups excluding tert-OH is 1. The zero-order valence-electron chi connectivity index (χ0n) is 11.1. The molecule has 0 aliphatic carbocycles. The van der Waals surface area contributed by atoms with Crippen LogP contribution in [-0.2, 0) is 9.53 Å². The Morgan fingerprint density at radius 2 is 2.11 bits per heavy atom. The molecule has 0 aliphatic rings. The van der Waals surface area contributed by atoms with E-state index in [4.69, 9.17) is 4.74 Å². The molecular formula is C14H20FNO3. The highest BCUT2D eigenvalue weighted by Crippen LogP contribution is 2.12. The van der Waals surface area contributed by atoms with Crippen LogP contribution in [0.1, 0.15) is 31.4 Å². The fraction of sp³-hybridized carbons (Fsp3) is 0.500. The number of unbranched alkanes of at least 4 members (excludes halogenated alkanes) is 1. The van der Waals surface area contributed by atoms with Gasteiger partial charge in [-0.15, -0.1) is 0 Å². The molecule has 0 aromatic heterocycles. The second kappa shape index (κ2) is 8.61. The molecule has 1 unspecified atom stereocenters. The number of amides is 1. The van der Waals surface area contributed by atoms with Gasteiger partial charge in [0.25, 0.3) is 0 Å². The largest absolute Gasteiger partial charge is 0.394 e. The standard InChI is InChI=1S/C14H20FNO3/c1-2-3-8-19-10-14(18)16-13(9-17)11-4-6-12(15)7-5-11/h4-7,13,17H,2-3,8-10H2,1H3,(H,16,18). The van der Waals surface area contributed by atoms with E-state index in [1.165, 1.54) is 24.3 Å². The maximum Gasteiger partial charge on any atom is 0.246 e. The average Bonchev–Trinajstić information content (AvgIpc) is 2.42. The highest BCUT2D eigenvalue weighted by molar-refractivity contribution is 5.77. The lowest BCUT2D eigenvalue weighted by Crippen LogP contribution is -2.33. The summed E-state index contributed by atoms with van der Waals surface area (Å²) in [6.07, 6.45) is 1.92. The van der Waals surface area contributed by atoms with Gasteiger partial charge in [0, 0.05) is 6.61 Å². The molecule has 0 bridgehead atoms. The molecule has 0 fully saturated rings. The third-order valence-corrected chi connectivity index (χ3v) is 2.67. The van der Waals surface area contributed by atoms with Crippen molar-refractivity contribution in [3.8, 4) is 0 Å². The summed E-state index contributed by atoms with van der Waals surface area (Å²) in [5, 5.41) is 11.9. The van der Waals surface area contributed by atoms with Gasteiger partial charge < -0.3 is 15.2 Å². The Morgan fingerprint density at radius 3 is 2.68 bits per heavy atom. The number of hydrogen-bond acceptors (Lipinski definition) is 3. The van der Waals surface area contributed by atoms with Crippen LogP contribution in [0.15, 0.2) is 24.3 Å². The monoisotopic (exact) mass is 269 g/mol. The normalized spacial score (nSPS) is 12.2. The van der Waals surface area contributed by atoms with Crippen LogP contribution in [-0.4, -0.2) is 30.8 Å². The first-order valence-corrected chi connectivity index (χ1v) is 6.40. The summed E-state index contributed by atoms with van der Waals surface area (Å²) in [4.78, 5) is 11.6. The lowest BCUT2D eigenvalue weighted by Gasteiger charge is -2.16.